The highest BCUT2D eigenvalue weighted by molar-refractivity contribution is 6.15. The Balaban J connectivity index is 2.20. The van der Waals surface area contributed by atoms with E-state index in [1.807, 2.05) is 0 Å². The lowest BCUT2D eigenvalue weighted by Gasteiger charge is -2.29. The molecule has 1 aliphatic carbocycles. The third-order valence-electron chi connectivity index (χ3n) is 9.45. The van der Waals surface area contributed by atoms with Gasteiger partial charge in [0.25, 0.3) is 0 Å². The summed E-state index contributed by atoms with van der Waals surface area (Å²) in [5.41, 5.74) is 0. The Bertz CT molecular complexity index is 432. The van der Waals surface area contributed by atoms with E-state index in [2.05, 4.69) is 13.8 Å². The molecule has 2 unspecified atom stereocenters. The normalized spacial score (nSPS) is 28.9. The van der Waals surface area contributed by atoms with Gasteiger partial charge in [-0.3, -0.25) is 0 Å². The van der Waals surface area contributed by atoms with Crippen LogP contribution in [0.2, 0.25) is 5.31 Å². The summed E-state index contributed by atoms with van der Waals surface area (Å²) in [6, 6.07) is 0. The van der Waals surface area contributed by atoms with E-state index in [1.54, 1.807) is 0 Å². The van der Waals surface area contributed by atoms with Gasteiger partial charge < -0.3 is 0 Å². The van der Waals surface area contributed by atoms with Gasteiger partial charge >= 0.3 is 0 Å². The summed E-state index contributed by atoms with van der Waals surface area (Å²) >= 11 is 0. The van der Waals surface area contributed by atoms with Crippen molar-refractivity contribution in [3.05, 3.63) is 0 Å². The van der Waals surface area contributed by atoms with Crippen molar-refractivity contribution in [3.8, 4) is 0 Å². The molecule has 0 bridgehead atoms. The van der Waals surface area contributed by atoms with Gasteiger partial charge in [0.05, 0.1) is 7.85 Å². The van der Waals surface area contributed by atoms with Crippen LogP contribution in [0.4, 0.5) is 0 Å². The summed E-state index contributed by atoms with van der Waals surface area (Å²) in [6.07, 6.45) is 44.4. The Morgan fingerprint density at radius 2 is 0.639 bits per heavy atom. The second-order valence-corrected chi connectivity index (χ2v) is 13.1. The first-order valence-corrected chi connectivity index (χ1v) is 17.5. The van der Waals surface area contributed by atoms with Gasteiger partial charge in [-0.25, -0.2) is 0 Å². The van der Waals surface area contributed by atoms with E-state index < -0.39 is 0 Å². The minimum Gasteiger partial charge on any atom is -0.0663 e. The van der Waals surface area contributed by atoms with Crippen molar-refractivity contribution < 1.29 is 0 Å². The van der Waals surface area contributed by atoms with Crippen molar-refractivity contribution in [3.63, 3.8) is 0 Å². The van der Waals surface area contributed by atoms with E-state index in [9.17, 15) is 0 Å². The Morgan fingerprint density at radius 3 is 0.889 bits per heavy atom. The predicted molar refractivity (Wildman–Crippen MR) is 166 cm³/mol. The largest absolute Gasteiger partial charge is 0.0746 e. The summed E-state index contributed by atoms with van der Waals surface area (Å²) in [5, 5.41) is 0.121. The van der Waals surface area contributed by atoms with Crippen molar-refractivity contribution >= 4 is 7.85 Å². The first-order valence-electron chi connectivity index (χ1n) is 17.5. The second kappa shape index (κ2) is 25.3. The molecule has 0 spiro atoms. The zero-order chi connectivity index (χ0) is 26.0. The van der Waals surface area contributed by atoms with Crippen molar-refractivity contribution in [2.75, 3.05) is 0 Å². The first kappa shape index (κ1) is 34.1. The molecule has 1 fully saturated rings. The minimum absolute atomic E-state index is 0.121. The van der Waals surface area contributed by atoms with Gasteiger partial charge in [-0.2, -0.15) is 0 Å². The second-order valence-electron chi connectivity index (χ2n) is 13.1. The lowest BCUT2D eigenvalue weighted by Crippen LogP contribution is -2.12. The van der Waals surface area contributed by atoms with E-state index in [0.29, 0.717) is 0 Å². The highest BCUT2D eigenvalue weighted by atomic mass is 14.2. The highest BCUT2D eigenvalue weighted by Crippen LogP contribution is 2.39. The van der Waals surface area contributed by atoms with Crippen molar-refractivity contribution in [1.82, 2.24) is 0 Å². The fourth-order valence-corrected chi connectivity index (χ4v) is 6.45. The molecular weight excluding hydrogens is 431 g/mol. The van der Waals surface area contributed by atoms with Crippen molar-refractivity contribution in [2.24, 2.45) is 5.92 Å². The lowest BCUT2D eigenvalue weighted by atomic mass is 9.61. The molecule has 2 atom stereocenters. The van der Waals surface area contributed by atoms with Crippen LogP contribution in [0.5, 0.6) is 0 Å². The summed E-state index contributed by atoms with van der Waals surface area (Å²) in [5.74, 6) is 0.959. The third-order valence-corrected chi connectivity index (χ3v) is 9.45. The van der Waals surface area contributed by atoms with E-state index in [4.69, 9.17) is 7.85 Å². The van der Waals surface area contributed by atoms with Gasteiger partial charge in [0.15, 0.2) is 0 Å². The number of hydrogen-bond acceptors (Lipinski definition) is 0. The zero-order valence-corrected chi connectivity index (χ0v) is 25.6. The molecule has 0 aromatic carbocycles. The molecule has 2 radical (unpaired) electrons. The molecule has 1 heteroatoms. The average molecular weight is 501 g/mol. The molecular formula is C35H69B. The Morgan fingerprint density at radius 1 is 0.417 bits per heavy atom. The Hall–Kier alpha value is 0.0649. The van der Waals surface area contributed by atoms with E-state index in [1.165, 1.54) is 193 Å². The van der Waals surface area contributed by atoms with Crippen LogP contribution in [0.25, 0.3) is 0 Å². The summed E-state index contributed by atoms with van der Waals surface area (Å²) in [7, 11) is 6.79. The highest BCUT2D eigenvalue weighted by Gasteiger charge is 2.20. The van der Waals surface area contributed by atoms with Crippen molar-refractivity contribution in [1.29, 1.82) is 0 Å². The van der Waals surface area contributed by atoms with Gasteiger partial charge in [0, 0.05) is 0 Å². The maximum Gasteiger partial charge on any atom is 0.0746 e. The average Bonchev–Trinajstić information content (AvgIpc) is 2.88. The topological polar surface area (TPSA) is 0 Å². The summed E-state index contributed by atoms with van der Waals surface area (Å²) in [4.78, 5) is 0. The third kappa shape index (κ3) is 22.1. The molecule has 0 amide bonds. The van der Waals surface area contributed by atoms with E-state index in [-0.39, 0.29) is 5.31 Å². The predicted octanol–water partition coefficient (Wildman–Crippen LogP) is 13.1. The molecule has 1 rings (SSSR count). The van der Waals surface area contributed by atoms with Crippen LogP contribution >= 0.6 is 0 Å². The van der Waals surface area contributed by atoms with E-state index in [0.717, 1.165) is 12.3 Å². The van der Waals surface area contributed by atoms with Gasteiger partial charge in [-0.15, -0.1) is 0 Å². The summed E-state index contributed by atoms with van der Waals surface area (Å²) in [6.45, 7) is 4.82. The van der Waals surface area contributed by atoms with Gasteiger partial charge in [-0.05, 0) is 5.92 Å². The molecule has 1 aliphatic rings. The molecule has 0 nitrogen and oxygen atoms in total. The fourth-order valence-electron chi connectivity index (χ4n) is 6.45. The van der Waals surface area contributed by atoms with Gasteiger partial charge in [0.1, 0.15) is 0 Å². The molecule has 0 aromatic heterocycles. The molecule has 0 heterocycles. The lowest BCUT2D eigenvalue weighted by molar-refractivity contribution is 0.411. The number of rotatable bonds is 1. The maximum atomic E-state index is 6.79. The molecule has 0 aliphatic heterocycles. The zero-order valence-electron chi connectivity index (χ0n) is 25.6. The van der Waals surface area contributed by atoms with Crippen molar-refractivity contribution in [2.45, 2.75) is 218 Å². The van der Waals surface area contributed by atoms with Crippen LogP contribution in [0.1, 0.15) is 213 Å². The monoisotopic (exact) mass is 501 g/mol. The molecule has 0 N–H and O–H groups in total. The maximum absolute atomic E-state index is 6.79. The quantitative estimate of drug-likeness (QED) is 0.314. The fraction of sp³-hybridized carbons (Fsp3) is 1.00. The van der Waals surface area contributed by atoms with Gasteiger partial charge in [-0.1, -0.05) is 218 Å². The smallest absolute Gasteiger partial charge is 0.0663 e. The molecule has 212 valence electrons. The Labute approximate surface area is 231 Å². The molecule has 0 saturated heterocycles. The minimum atomic E-state index is 0.121. The van der Waals surface area contributed by atoms with Crippen LogP contribution in [0.15, 0.2) is 0 Å². The molecule has 1 saturated carbocycles. The SMILES string of the molecule is [B]C1(CC)CCCCCCCCCCCCCCCCCC(C)CCCCCCCCCCCCC1. The number of hydrogen-bond donors (Lipinski definition) is 0. The first-order chi connectivity index (χ1) is 17.7. The van der Waals surface area contributed by atoms with Crippen LogP contribution in [-0.4, -0.2) is 7.85 Å². The van der Waals surface area contributed by atoms with E-state index >= 15 is 0 Å². The van der Waals surface area contributed by atoms with Crippen LogP contribution in [0, 0.1) is 5.92 Å². The Kier molecular flexibility index (Phi) is 24.0. The summed E-state index contributed by atoms with van der Waals surface area (Å²) < 4.78 is 0. The van der Waals surface area contributed by atoms with Crippen LogP contribution in [-0.2, 0) is 0 Å². The van der Waals surface area contributed by atoms with Gasteiger partial charge in [0.2, 0.25) is 0 Å². The molecule has 36 heavy (non-hydrogen) atoms. The standard InChI is InChI=1S/C35H69B/c1-3-35(36)32-28-24-20-16-12-8-6-4-5-7-10-14-18-22-26-30-34(2)31-27-23-19-15-11-9-13-17-21-25-29-33-35/h34H,3-33H2,1-2H3. The van der Waals surface area contributed by atoms with Crippen LogP contribution < -0.4 is 0 Å². The molecule has 0 aromatic rings. The van der Waals surface area contributed by atoms with Crippen LogP contribution in [0.3, 0.4) is 0 Å².